The van der Waals surface area contributed by atoms with Gasteiger partial charge in [-0.25, -0.2) is 14.8 Å². The average molecular weight is 361 g/mol. The first-order chi connectivity index (χ1) is 13.2. The number of benzene rings is 1. The Morgan fingerprint density at radius 3 is 2.96 bits per heavy atom. The number of carbonyl (C=O) groups excluding carboxylic acids is 1. The lowest BCUT2D eigenvalue weighted by Gasteiger charge is -2.23. The molecule has 1 saturated carbocycles. The van der Waals surface area contributed by atoms with Crippen LogP contribution in [-0.4, -0.2) is 32.4 Å². The number of aromatic amines is 1. The minimum atomic E-state index is -0.364. The molecule has 0 unspecified atom stereocenters. The van der Waals surface area contributed by atoms with E-state index in [0.717, 1.165) is 46.5 Å². The minimum Gasteiger partial charge on any atom is -0.465 e. The number of aromatic nitrogens is 4. The van der Waals surface area contributed by atoms with Gasteiger partial charge >= 0.3 is 5.97 Å². The van der Waals surface area contributed by atoms with E-state index in [2.05, 4.69) is 9.97 Å². The number of methoxy groups -OCH3 is 1. The summed E-state index contributed by atoms with van der Waals surface area (Å²) >= 11 is 0. The van der Waals surface area contributed by atoms with Crippen LogP contribution in [0.3, 0.4) is 0 Å². The Kier molecular flexibility index (Phi) is 3.43. The van der Waals surface area contributed by atoms with Crippen LogP contribution in [0.2, 0.25) is 0 Å². The summed E-state index contributed by atoms with van der Waals surface area (Å²) in [4.78, 5) is 24.6. The molecule has 5 rings (SSSR count). The maximum absolute atomic E-state index is 12.1. The van der Waals surface area contributed by atoms with Gasteiger partial charge in [0.15, 0.2) is 0 Å². The molecule has 1 fully saturated rings. The Bertz CT molecular complexity index is 1190. The molecule has 3 heterocycles. The summed E-state index contributed by atoms with van der Waals surface area (Å²) in [5.74, 6) is 1.55. The molecule has 7 nitrogen and oxygen atoms in total. The molecule has 0 aliphatic heterocycles. The lowest BCUT2D eigenvalue weighted by atomic mass is 9.85. The van der Waals surface area contributed by atoms with Gasteiger partial charge in [0.25, 0.3) is 0 Å². The van der Waals surface area contributed by atoms with E-state index in [1.54, 1.807) is 12.3 Å². The number of hydrogen-bond donors (Lipinski definition) is 2. The number of ether oxygens (including phenoxy) is 1. The Morgan fingerprint density at radius 2 is 2.22 bits per heavy atom. The van der Waals surface area contributed by atoms with Crippen molar-refractivity contribution in [3.8, 4) is 11.4 Å². The van der Waals surface area contributed by atoms with Crippen LogP contribution >= 0.6 is 0 Å². The van der Waals surface area contributed by atoms with Crippen LogP contribution < -0.4 is 5.73 Å². The number of nitrogens with two attached hydrogens (primary N) is 1. The number of hydrogen-bond acceptors (Lipinski definition) is 5. The van der Waals surface area contributed by atoms with E-state index in [1.165, 1.54) is 13.5 Å². The second-order valence-electron chi connectivity index (χ2n) is 6.92. The third kappa shape index (κ3) is 2.31. The molecule has 0 saturated heterocycles. The van der Waals surface area contributed by atoms with Crippen LogP contribution in [0.25, 0.3) is 27.8 Å². The summed E-state index contributed by atoms with van der Waals surface area (Å²) in [6, 6.07) is 7.45. The Labute approximate surface area is 155 Å². The number of anilines is 1. The highest BCUT2D eigenvalue weighted by atomic mass is 16.5. The van der Waals surface area contributed by atoms with E-state index in [1.807, 2.05) is 28.8 Å². The molecule has 0 bridgehead atoms. The highest BCUT2D eigenvalue weighted by Crippen LogP contribution is 2.39. The van der Waals surface area contributed by atoms with Gasteiger partial charge in [0.2, 0.25) is 0 Å². The highest BCUT2D eigenvalue weighted by molar-refractivity contribution is 6.05. The van der Waals surface area contributed by atoms with Crippen LogP contribution in [0.15, 0.2) is 36.7 Å². The molecule has 0 amide bonds. The third-order valence-electron chi connectivity index (χ3n) is 5.41. The van der Waals surface area contributed by atoms with E-state index in [4.69, 9.17) is 15.5 Å². The van der Waals surface area contributed by atoms with Gasteiger partial charge in [-0.2, -0.15) is 0 Å². The van der Waals surface area contributed by atoms with Gasteiger partial charge < -0.3 is 15.5 Å². The van der Waals surface area contributed by atoms with Crippen LogP contribution in [-0.2, 0) is 4.74 Å². The SMILES string of the molecule is COC(=O)c1cccc2[nH]c(-c3nc(C4CCC4)n4ccnc(N)c34)cc12. The van der Waals surface area contributed by atoms with Crippen molar-refractivity contribution in [2.24, 2.45) is 0 Å². The molecule has 1 aliphatic rings. The number of H-pyrrole nitrogens is 1. The number of imidazole rings is 1. The molecule has 27 heavy (non-hydrogen) atoms. The molecule has 0 spiro atoms. The summed E-state index contributed by atoms with van der Waals surface area (Å²) < 4.78 is 6.95. The topological polar surface area (TPSA) is 98.3 Å². The van der Waals surface area contributed by atoms with Crippen LogP contribution in [0, 0.1) is 0 Å². The van der Waals surface area contributed by atoms with Crippen molar-refractivity contribution in [3.63, 3.8) is 0 Å². The first-order valence-electron chi connectivity index (χ1n) is 9.00. The van der Waals surface area contributed by atoms with E-state index < -0.39 is 0 Å². The number of nitrogens with zero attached hydrogens (tertiary/aromatic N) is 3. The van der Waals surface area contributed by atoms with E-state index in [-0.39, 0.29) is 5.97 Å². The maximum Gasteiger partial charge on any atom is 0.338 e. The van der Waals surface area contributed by atoms with Gasteiger partial charge in [0, 0.05) is 29.2 Å². The molecule has 0 radical (unpaired) electrons. The predicted molar refractivity (Wildman–Crippen MR) is 103 cm³/mol. The monoisotopic (exact) mass is 361 g/mol. The first kappa shape index (κ1) is 15.9. The second kappa shape index (κ2) is 5.84. The molecule has 136 valence electrons. The zero-order chi connectivity index (χ0) is 18.5. The number of nitrogen functional groups attached to an aromatic ring is 1. The largest absolute Gasteiger partial charge is 0.465 e. The van der Waals surface area contributed by atoms with Crippen LogP contribution in [0.5, 0.6) is 0 Å². The molecule has 7 heteroatoms. The number of esters is 1. The molecule has 0 atom stereocenters. The highest BCUT2D eigenvalue weighted by Gasteiger charge is 2.27. The van der Waals surface area contributed by atoms with Gasteiger partial charge in [0.1, 0.15) is 22.9 Å². The standard InChI is InChI=1S/C20H19N5O2/c1-27-20(26)12-6-3-7-14-13(12)10-15(23-14)16-17-18(21)22-8-9-25(17)19(24-16)11-4-2-5-11/h3,6-11,23H,2,4-5H2,1H3,(H2,21,22). The summed E-state index contributed by atoms with van der Waals surface area (Å²) in [5, 5.41) is 0.799. The molecular formula is C20H19N5O2. The van der Waals surface area contributed by atoms with Crippen molar-refractivity contribution in [2.45, 2.75) is 25.2 Å². The lowest BCUT2D eigenvalue weighted by Crippen LogP contribution is -2.12. The molecule has 3 N–H and O–H groups in total. The molecule has 1 aliphatic carbocycles. The predicted octanol–water partition coefficient (Wildman–Crippen LogP) is 3.51. The van der Waals surface area contributed by atoms with Crippen molar-refractivity contribution in [2.75, 3.05) is 12.8 Å². The maximum atomic E-state index is 12.1. The van der Waals surface area contributed by atoms with Gasteiger partial charge in [-0.15, -0.1) is 0 Å². The number of fused-ring (bicyclic) bond motifs is 2. The van der Waals surface area contributed by atoms with Crippen molar-refractivity contribution in [1.29, 1.82) is 0 Å². The summed E-state index contributed by atoms with van der Waals surface area (Å²) in [5.41, 5.74) is 9.93. The average Bonchev–Trinajstić information content (AvgIpc) is 3.22. The van der Waals surface area contributed by atoms with Crippen molar-refractivity contribution >= 4 is 28.2 Å². The van der Waals surface area contributed by atoms with Gasteiger partial charge in [-0.3, -0.25) is 4.40 Å². The van der Waals surface area contributed by atoms with Gasteiger partial charge in [-0.1, -0.05) is 12.5 Å². The Morgan fingerprint density at radius 1 is 1.37 bits per heavy atom. The normalized spacial score (nSPS) is 14.6. The van der Waals surface area contributed by atoms with Crippen molar-refractivity contribution in [3.05, 3.63) is 48.0 Å². The molecule has 1 aromatic carbocycles. The fraction of sp³-hybridized carbons (Fsp3) is 0.250. The van der Waals surface area contributed by atoms with E-state index in [0.29, 0.717) is 17.3 Å². The first-order valence-corrected chi connectivity index (χ1v) is 9.00. The fourth-order valence-electron chi connectivity index (χ4n) is 3.80. The summed E-state index contributed by atoms with van der Waals surface area (Å²) in [6.07, 6.45) is 7.12. The molecular weight excluding hydrogens is 342 g/mol. The smallest absolute Gasteiger partial charge is 0.338 e. The van der Waals surface area contributed by atoms with Gasteiger partial charge in [0.05, 0.1) is 18.4 Å². The fourth-order valence-corrected chi connectivity index (χ4v) is 3.80. The second-order valence-corrected chi connectivity index (χ2v) is 6.92. The minimum absolute atomic E-state index is 0.364. The Balaban J connectivity index is 1.75. The Hall–Kier alpha value is -3.35. The van der Waals surface area contributed by atoms with Crippen LogP contribution in [0.4, 0.5) is 5.82 Å². The van der Waals surface area contributed by atoms with Crippen molar-refractivity contribution < 1.29 is 9.53 Å². The lowest BCUT2D eigenvalue weighted by molar-refractivity contribution is 0.0603. The zero-order valence-corrected chi connectivity index (χ0v) is 14.9. The van der Waals surface area contributed by atoms with Crippen LogP contribution in [0.1, 0.15) is 41.4 Å². The van der Waals surface area contributed by atoms with E-state index in [9.17, 15) is 4.79 Å². The summed E-state index contributed by atoms with van der Waals surface area (Å²) in [6.45, 7) is 0. The quantitative estimate of drug-likeness (QED) is 0.544. The molecule has 4 aromatic rings. The van der Waals surface area contributed by atoms with E-state index >= 15 is 0 Å². The van der Waals surface area contributed by atoms with Crippen molar-refractivity contribution in [1.82, 2.24) is 19.4 Å². The number of carbonyl (C=O) groups is 1. The third-order valence-corrected chi connectivity index (χ3v) is 5.41. The summed E-state index contributed by atoms with van der Waals surface area (Å²) in [7, 11) is 1.38. The zero-order valence-electron chi connectivity index (χ0n) is 14.9. The number of rotatable bonds is 3. The van der Waals surface area contributed by atoms with Gasteiger partial charge in [-0.05, 0) is 31.0 Å². The number of nitrogens with one attached hydrogen (secondary N) is 1. The molecule has 3 aromatic heterocycles.